The number of hydrogen-bond acceptors (Lipinski definition) is 4. The Kier molecular flexibility index (Phi) is 6.19. The Hall–Kier alpha value is -1.58. The van der Waals surface area contributed by atoms with Gasteiger partial charge in [-0.15, -0.1) is 12.3 Å². The molecule has 1 aliphatic rings. The third-order valence-electron chi connectivity index (χ3n) is 2.69. The predicted molar refractivity (Wildman–Crippen MR) is 64.9 cm³/mol. The molecule has 1 atom stereocenters. The van der Waals surface area contributed by atoms with Crippen LogP contribution in [0, 0.1) is 12.3 Å². The van der Waals surface area contributed by atoms with Crippen LogP contribution >= 0.6 is 0 Å². The van der Waals surface area contributed by atoms with Gasteiger partial charge in [-0.25, -0.2) is 4.79 Å². The summed E-state index contributed by atoms with van der Waals surface area (Å²) in [4.78, 5) is 22.3. The summed E-state index contributed by atoms with van der Waals surface area (Å²) in [5.41, 5.74) is 0. The van der Waals surface area contributed by atoms with Gasteiger partial charge in [0.25, 0.3) is 0 Å². The Morgan fingerprint density at radius 2 is 2.17 bits per heavy atom. The van der Waals surface area contributed by atoms with Crippen molar-refractivity contribution in [1.29, 1.82) is 0 Å². The maximum absolute atomic E-state index is 11.5. The molecule has 0 radical (unpaired) electrons. The number of carboxylic acids is 1. The van der Waals surface area contributed by atoms with Crippen LogP contribution in [0.15, 0.2) is 0 Å². The number of piperidine rings is 1. The summed E-state index contributed by atoms with van der Waals surface area (Å²) in [6.07, 6.45) is 6.78. The van der Waals surface area contributed by atoms with Crippen LogP contribution in [0.5, 0.6) is 0 Å². The van der Waals surface area contributed by atoms with E-state index in [0.29, 0.717) is 0 Å². The van der Waals surface area contributed by atoms with E-state index < -0.39 is 17.9 Å². The number of rotatable bonds is 6. The highest BCUT2D eigenvalue weighted by Crippen LogP contribution is 2.06. The van der Waals surface area contributed by atoms with Gasteiger partial charge in [0.2, 0.25) is 5.91 Å². The van der Waals surface area contributed by atoms with Gasteiger partial charge in [0, 0.05) is 6.42 Å². The number of terminal acetylenes is 1. The Morgan fingerprint density at radius 3 is 2.72 bits per heavy atom. The number of ether oxygens (including phenoxy) is 1. The van der Waals surface area contributed by atoms with E-state index in [1.807, 2.05) is 0 Å². The lowest BCUT2D eigenvalue weighted by molar-refractivity contribution is -0.142. The molecule has 1 fully saturated rings. The topological polar surface area (TPSA) is 87.7 Å². The van der Waals surface area contributed by atoms with Crippen molar-refractivity contribution in [3.05, 3.63) is 0 Å². The average molecular weight is 254 g/mol. The quantitative estimate of drug-likeness (QED) is 0.548. The van der Waals surface area contributed by atoms with E-state index in [2.05, 4.69) is 16.6 Å². The van der Waals surface area contributed by atoms with Crippen LogP contribution in [0.25, 0.3) is 0 Å². The lowest BCUT2D eigenvalue weighted by Gasteiger charge is -2.23. The minimum absolute atomic E-state index is 0.0333. The molecule has 0 aromatic carbocycles. The van der Waals surface area contributed by atoms with Gasteiger partial charge in [-0.3, -0.25) is 4.79 Å². The van der Waals surface area contributed by atoms with Crippen molar-refractivity contribution in [1.82, 2.24) is 10.6 Å². The first-order valence-corrected chi connectivity index (χ1v) is 5.91. The van der Waals surface area contributed by atoms with Crippen molar-refractivity contribution in [2.24, 2.45) is 0 Å². The Morgan fingerprint density at radius 1 is 1.50 bits per heavy atom. The lowest BCUT2D eigenvalue weighted by Crippen LogP contribution is -2.43. The van der Waals surface area contributed by atoms with Gasteiger partial charge in [0.1, 0.15) is 12.6 Å². The first kappa shape index (κ1) is 14.5. The zero-order chi connectivity index (χ0) is 13.4. The molecule has 1 rings (SSSR count). The SMILES string of the molecule is C#CCC(NC(=O)COC1CCNCC1)C(=O)O. The van der Waals surface area contributed by atoms with Crippen LogP contribution in [0.2, 0.25) is 0 Å². The maximum Gasteiger partial charge on any atom is 0.327 e. The highest BCUT2D eigenvalue weighted by atomic mass is 16.5. The molecule has 1 saturated heterocycles. The third kappa shape index (κ3) is 5.17. The summed E-state index contributed by atoms with van der Waals surface area (Å²) in [5, 5.41) is 14.3. The lowest BCUT2D eigenvalue weighted by atomic mass is 10.1. The van der Waals surface area contributed by atoms with Gasteiger partial charge >= 0.3 is 5.97 Å². The second-order valence-electron chi connectivity index (χ2n) is 4.13. The van der Waals surface area contributed by atoms with Gasteiger partial charge in [-0.05, 0) is 25.9 Å². The molecule has 0 spiro atoms. The van der Waals surface area contributed by atoms with Gasteiger partial charge < -0.3 is 20.5 Å². The number of carboxylic acid groups (broad SMARTS) is 1. The molecule has 0 bridgehead atoms. The average Bonchev–Trinajstić information content (AvgIpc) is 2.37. The van der Waals surface area contributed by atoms with E-state index in [9.17, 15) is 9.59 Å². The van der Waals surface area contributed by atoms with Crippen molar-refractivity contribution >= 4 is 11.9 Å². The monoisotopic (exact) mass is 254 g/mol. The fourth-order valence-corrected chi connectivity index (χ4v) is 1.71. The molecular formula is C12H18N2O4. The van der Waals surface area contributed by atoms with E-state index in [0.717, 1.165) is 25.9 Å². The Balaban J connectivity index is 2.27. The number of carbonyl (C=O) groups excluding carboxylic acids is 1. The first-order valence-electron chi connectivity index (χ1n) is 5.91. The molecule has 100 valence electrons. The van der Waals surface area contributed by atoms with Crippen LogP contribution in [0.4, 0.5) is 0 Å². The molecule has 1 unspecified atom stereocenters. The fourth-order valence-electron chi connectivity index (χ4n) is 1.71. The molecule has 1 aliphatic heterocycles. The highest BCUT2D eigenvalue weighted by molar-refractivity contribution is 5.84. The van der Waals surface area contributed by atoms with E-state index in [-0.39, 0.29) is 19.1 Å². The van der Waals surface area contributed by atoms with E-state index in [1.54, 1.807) is 0 Å². The van der Waals surface area contributed by atoms with E-state index in [1.165, 1.54) is 0 Å². The summed E-state index contributed by atoms with van der Waals surface area (Å²) in [6.45, 7) is 1.63. The van der Waals surface area contributed by atoms with E-state index >= 15 is 0 Å². The standard InChI is InChI=1S/C12H18N2O4/c1-2-3-10(12(16)17)14-11(15)8-18-9-4-6-13-7-5-9/h1,9-10,13H,3-8H2,(H,14,15)(H,16,17). The first-order chi connectivity index (χ1) is 8.63. The molecule has 6 heteroatoms. The fraction of sp³-hybridized carbons (Fsp3) is 0.667. The molecule has 0 saturated carbocycles. The van der Waals surface area contributed by atoms with Crippen molar-refractivity contribution in [3.8, 4) is 12.3 Å². The minimum Gasteiger partial charge on any atom is -0.480 e. The molecule has 0 aliphatic carbocycles. The van der Waals surface area contributed by atoms with Crippen LogP contribution in [-0.4, -0.2) is 48.8 Å². The molecule has 0 aromatic heterocycles. The van der Waals surface area contributed by atoms with Crippen molar-refractivity contribution in [3.63, 3.8) is 0 Å². The normalized spacial score (nSPS) is 17.7. The number of nitrogens with one attached hydrogen (secondary N) is 2. The molecule has 3 N–H and O–H groups in total. The van der Waals surface area contributed by atoms with Crippen LogP contribution in [-0.2, 0) is 14.3 Å². The molecule has 1 amide bonds. The molecule has 0 aromatic rings. The van der Waals surface area contributed by atoms with Crippen molar-refractivity contribution < 1.29 is 19.4 Å². The summed E-state index contributed by atoms with van der Waals surface area (Å²) in [5.74, 6) is 0.631. The Bertz CT molecular complexity index is 331. The third-order valence-corrected chi connectivity index (χ3v) is 2.69. The largest absolute Gasteiger partial charge is 0.480 e. The molecule has 6 nitrogen and oxygen atoms in total. The zero-order valence-electron chi connectivity index (χ0n) is 10.1. The van der Waals surface area contributed by atoms with E-state index in [4.69, 9.17) is 16.3 Å². The Labute approximate surface area is 106 Å². The van der Waals surface area contributed by atoms with Crippen LogP contribution < -0.4 is 10.6 Å². The highest BCUT2D eigenvalue weighted by Gasteiger charge is 2.20. The maximum atomic E-state index is 11.5. The van der Waals surface area contributed by atoms with Gasteiger partial charge in [0.15, 0.2) is 0 Å². The molecule has 18 heavy (non-hydrogen) atoms. The summed E-state index contributed by atoms with van der Waals surface area (Å²) < 4.78 is 5.41. The van der Waals surface area contributed by atoms with Crippen molar-refractivity contribution in [2.75, 3.05) is 19.7 Å². The van der Waals surface area contributed by atoms with Gasteiger partial charge in [-0.1, -0.05) is 0 Å². The van der Waals surface area contributed by atoms with Crippen molar-refractivity contribution in [2.45, 2.75) is 31.4 Å². The second-order valence-corrected chi connectivity index (χ2v) is 4.13. The second kappa shape index (κ2) is 7.69. The number of amides is 1. The van der Waals surface area contributed by atoms with Crippen LogP contribution in [0.3, 0.4) is 0 Å². The summed E-state index contributed by atoms with van der Waals surface area (Å²) >= 11 is 0. The number of aliphatic carboxylic acids is 1. The zero-order valence-corrected chi connectivity index (χ0v) is 10.1. The van der Waals surface area contributed by atoms with Gasteiger partial charge in [0.05, 0.1) is 6.10 Å². The smallest absolute Gasteiger partial charge is 0.327 e. The number of carbonyl (C=O) groups is 2. The molecular weight excluding hydrogens is 236 g/mol. The predicted octanol–water partition coefficient (Wildman–Crippen LogP) is -0.652. The molecule has 1 heterocycles. The minimum atomic E-state index is -1.14. The summed E-state index contributed by atoms with van der Waals surface area (Å²) in [7, 11) is 0. The van der Waals surface area contributed by atoms with Crippen LogP contribution in [0.1, 0.15) is 19.3 Å². The van der Waals surface area contributed by atoms with Gasteiger partial charge in [-0.2, -0.15) is 0 Å². The summed E-state index contributed by atoms with van der Waals surface area (Å²) in [6, 6.07) is -1.04. The number of hydrogen-bond donors (Lipinski definition) is 3.